The molecule has 2 atom stereocenters. The van der Waals surface area contributed by atoms with Crippen LogP contribution in [0.15, 0.2) is 23.0 Å². The number of fused-ring (bicyclic) bond motifs is 1. The number of aliphatic hydroxyl groups is 1. The lowest BCUT2D eigenvalue weighted by atomic mass is 9.93. The minimum absolute atomic E-state index is 0.0225. The lowest BCUT2D eigenvalue weighted by Gasteiger charge is -2.28. The molecule has 1 saturated carbocycles. The first-order valence-corrected chi connectivity index (χ1v) is 11.1. The molecule has 9 heteroatoms. The van der Waals surface area contributed by atoms with E-state index in [0.717, 1.165) is 29.2 Å². The molecule has 1 aliphatic carbocycles. The van der Waals surface area contributed by atoms with Crippen LogP contribution in [0, 0.1) is 6.92 Å². The molecule has 27 heavy (non-hydrogen) atoms. The van der Waals surface area contributed by atoms with Gasteiger partial charge in [0.2, 0.25) is 0 Å². The van der Waals surface area contributed by atoms with Gasteiger partial charge >= 0.3 is 11.7 Å². The third kappa shape index (κ3) is 4.08. The molecule has 1 amide bonds. The molecular weight excluding hydrogens is 370 g/mol. The highest BCUT2D eigenvalue weighted by Gasteiger charge is 2.27. The van der Waals surface area contributed by atoms with Gasteiger partial charge in [-0.3, -0.25) is 4.57 Å². The largest absolute Gasteiger partial charge is 0.391 e. The average molecular weight is 395 g/mol. The number of hydrogen-bond acceptors (Lipinski definition) is 5. The fourth-order valence-electron chi connectivity index (χ4n) is 3.66. The van der Waals surface area contributed by atoms with E-state index in [9.17, 15) is 23.1 Å². The normalized spacial score (nSPS) is 20.7. The van der Waals surface area contributed by atoms with Crippen LogP contribution >= 0.6 is 0 Å². The number of sulfone groups is 1. The zero-order valence-electron chi connectivity index (χ0n) is 15.5. The van der Waals surface area contributed by atoms with Gasteiger partial charge in [0.1, 0.15) is 9.84 Å². The molecule has 1 heterocycles. The van der Waals surface area contributed by atoms with Gasteiger partial charge in [-0.05, 0) is 31.4 Å². The molecule has 0 radical (unpaired) electrons. The van der Waals surface area contributed by atoms with Gasteiger partial charge in [-0.15, -0.1) is 0 Å². The SMILES string of the molecule is Cc1cccc2c1n(CCS(C)(=O)=O)c(=O)n2C(=O)N[C@@H]1CCCC[C@@H]1O. The van der Waals surface area contributed by atoms with Crippen molar-refractivity contribution < 1.29 is 18.3 Å². The number of carbonyl (C=O) groups excluding carboxylic acids is 1. The van der Waals surface area contributed by atoms with Crippen LogP contribution in [0.2, 0.25) is 0 Å². The van der Waals surface area contributed by atoms with Crippen molar-refractivity contribution in [1.29, 1.82) is 0 Å². The first-order chi connectivity index (χ1) is 12.7. The number of carbonyl (C=O) groups is 1. The van der Waals surface area contributed by atoms with Crippen molar-refractivity contribution in [2.24, 2.45) is 0 Å². The van der Waals surface area contributed by atoms with Crippen LogP contribution in [0.25, 0.3) is 11.0 Å². The molecule has 0 spiro atoms. The van der Waals surface area contributed by atoms with Gasteiger partial charge in [0.25, 0.3) is 0 Å². The molecule has 1 fully saturated rings. The van der Waals surface area contributed by atoms with Gasteiger partial charge in [0.15, 0.2) is 0 Å². The van der Waals surface area contributed by atoms with Crippen LogP contribution in [0.1, 0.15) is 31.2 Å². The molecule has 148 valence electrons. The second-order valence-electron chi connectivity index (χ2n) is 7.25. The van der Waals surface area contributed by atoms with Gasteiger partial charge in [-0.1, -0.05) is 25.0 Å². The minimum Gasteiger partial charge on any atom is -0.391 e. The van der Waals surface area contributed by atoms with Crippen molar-refractivity contribution in [3.05, 3.63) is 34.2 Å². The van der Waals surface area contributed by atoms with Crippen molar-refractivity contribution in [3.8, 4) is 0 Å². The molecule has 3 rings (SSSR count). The number of para-hydroxylation sites is 1. The molecule has 1 aromatic heterocycles. The van der Waals surface area contributed by atoms with Gasteiger partial charge in [-0.25, -0.2) is 22.6 Å². The second kappa shape index (κ2) is 7.47. The number of aryl methyl sites for hydroxylation is 2. The van der Waals surface area contributed by atoms with Gasteiger partial charge in [0.05, 0.1) is 28.9 Å². The zero-order chi connectivity index (χ0) is 19.8. The molecule has 0 bridgehead atoms. The van der Waals surface area contributed by atoms with Crippen LogP contribution in [0.5, 0.6) is 0 Å². The predicted molar refractivity (Wildman–Crippen MR) is 103 cm³/mol. The Morgan fingerprint density at radius 1 is 1.30 bits per heavy atom. The summed E-state index contributed by atoms with van der Waals surface area (Å²) in [4.78, 5) is 25.8. The summed E-state index contributed by atoms with van der Waals surface area (Å²) in [5.74, 6) is -0.191. The van der Waals surface area contributed by atoms with Gasteiger partial charge in [0, 0.05) is 12.8 Å². The summed E-state index contributed by atoms with van der Waals surface area (Å²) in [6.07, 6.45) is 3.59. The highest BCUT2D eigenvalue weighted by atomic mass is 32.2. The average Bonchev–Trinajstić information content (AvgIpc) is 2.87. The highest BCUT2D eigenvalue weighted by Crippen LogP contribution is 2.20. The van der Waals surface area contributed by atoms with Crippen LogP contribution < -0.4 is 11.0 Å². The Bertz CT molecular complexity index is 1020. The van der Waals surface area contributed by atoms with Crippen LogP contribution in [0.4, 0.5) is 4.79 Å². The van der Waals surface area contributed by atoms with Gasteiger partial charge < -0.3 is 10.4 Å². The lowest BCUT2D eigenvalue weighted by molar-refractivity contribution is 0.0944. The predicted octanol–water partition coefficient (Wildman–Crippen LogP) is 1.02. The summed E-state index contributed by atoms with van der Waals surface area (Å²) in [6, 6.07) is 4.23. The fourth-order valence-corrected chi connectivity index (χ4v) is 4.17. The van der Waals surface area contributed by atoms with E-state index >= 15 is 0 Å². The number of imidazole rings is 1. The van der Waals surface area contributed by atoms with Crippen molar-refractivity contribution >= 4 is 26.9 Å². The topological polar surface area (TPSA) is 110 Å². The minimum atomic E-state index is -3.26. The molecule has 1 aromatic carbocycles. The number of nitrogens with zero attached hydrogens (tertiary/aromatic N) is 2. The van der Waals surface area contributed by atoms with Crippen LogP contribution in [0.3, 0.4) is 0 Å². The Morgan fingerprint density at radius 3 is 2.67 bits per heavy atom. The summed E-state index contributed by atoms with van der Waals surface area (Å²) in [5, 5.41) is 12.9. The maximum atomic E-state index is 12.9. The Morgan fingerprint density at radius 2 is 2.00 bits per heavy atom. The van der Waals surface area contributed by atoms with E-state index in [2.05, 4.69) is 5.32 Å². The number of rotatable bonds is 4. The fraction of sp³-hybridized carbons (Fsp3) is 0.556. The molecule has 0 saturated heterocycles. The number of aromatic nitrogens is 2. The van der Waals surface area contributed by atoms with E-state index < -0.39 is 33.7 Å². The third-order valence-corrected chi connectivity index (χ3v) is 6.00. The van der Waals surface area contributed by atoms with Gasteiger partial charge in [-0.2, -0.15) is 0 Å². The smallest absolute Gasteiger partial charge is 0.337 e. The molecule has 8 nitrogen and oxygen atoms in total. The lowest BCUT2D eigenvalue weighted by Crippen LogP contribution is -2.48. The molecule has 2 aromatic rings. The van der Waals surface area contributed by atoms with Crippen molar-refractivity contribution in [3.63, 3.8) is 0 Å². The van der Waals surface area contributed by atoms with Crippen molar-refractivity contribution in [2.45, 2.75) is 51.3 Å². The van der Waals surface area contributed by atoms with E-state index in [1.165, 1.54) is 4.57 Å². The third-order valence-electron chi connectivity index (χ3n) is 5.08. The molecular formula is C18H25N3O5S. The Hall–Kier alpha value is -2.13. The quantitative estimate of drug-likeness (QED) is 0.803. The summed E-state index contributed by atoms with van der Waals surface area (Å²) in [5.41, 5.74) is 1.18. The molecule has 0 aliphatic heterocycles. The Labute approximate surface area is 157 Å². The van der Waals surface area contributed by atoms with E-state index in [1.807, 2.05) is 13.0 Å². The first kappa shape index (κ1) is 19.6. The summed E-state index contributed by atoms with van der Waals surface area (Å²) < 4.78 is 25.5. The van der Waals surface area contributed by atoms with Crippen molar-refractivity contribution in [2.75, 3.05) is 12.0 Å². The number of hydrogen-bond donors (Lipinski definition) is 2. The zero-order valence-corrected chi connectivity index (χ0v) is 16.3. The van der Waals surface area contributed by atoms with Crippen LogP contribution in [-0.4, -0.2) is 52.8 Å². The summed E-state index contributed by atoms with van der Waals surface area (Å²) >= 11 is 0. The Balaban J connectivity index is 2.02. The number of aliphatic hydroxyl groups excluding tert-OH is 1. The van der Waals surface area contributed by atoms with E-state index in [0.29, 0.717) is 23.9 Å². The first-order valence-electron chi connectivity index (χ1n) is 9.06. The van der Waals surface area contributed by atoms with Crippen LogP contribution in [-0.2, 0) is 16.4 Å². The van der Waals surface area contributed by atoms with Crippen molar-refractivity contribution in [1.82, 2.24) is 14.5 Å². The standard InChI is InChI=1S/C18H25N3O5S/c1-12-6-5-8-14-16(12)20(10-11-27(2,25)26)18(24)21(14)17(23)19-13-7-3-4-9-15(13)22/h5-6,8,13,15,22H,3-4,7,9-11H2,1-2H3,(H,19,23)/t13-,15+/m1/s1. The highest BCUT2D eigenvalue weighted by molar-refractivity contribution is 7.90. The number of nitrogens with one attached hydrogen (secondary N) is 1. The molecule has 1 aliphatic rings. The summed E-state index contributed by atoms with van der Waals surface area (Å²) in [6.45, 7) is 1.79. The monoisotopic (exact) mass is 395 g/mol. The Kier molecular flexibility index (Phi) is 5.43. The number of benzene rings is 1. The van der Waals surface area contributed by atoms with E-state index in [-0.39, 0.29) is 12.3 Å². The molecule has 2 N–H and O–H groups in total. The maximum absolute atomic E-state index is 12.9. The number of amides is 1. The summed E-state index contributed by atoms with van der Waals surface area (Å²) in [7, 11) is -3.26. The van der Waals surface area contributed by atoms with E-state index in [4.69, 9.17) is 0 Å². The second-order valence-corrected chi connectivity index (χ2v) is 9.51. The molecule has 0 unspecified atom stereocenters. The van der Waals surface area contributed by atoms with E-state index in [1.54, 1.807) is 12.1 Å². The maximum Gasteiger partial charge on any atom is 0.337 e.